The Bertz CT molecular complexity index is 836. The number of aromatic nitrogens is 1. The monoisotopic (exact) mass is 382 g/mol. The first-order valence-electron chi connectivity index (χ1n) is 9.75. The summed E-state index contributed by atoms with van der Waals surface area (Å²) < 4.78 is 17.2. The molecule has 28 heavy (non-hydrogen) atoms. The predicted octanol–water partition coefficient (Wildman–Crippen LogP) is 3.22. The van der Waals surface area contributed by atoms with Gasteiger partial charge in [0.05, 0.1) is 19.8 Å². The maximum Gasteiger partial charge on any atom is 0.213 e. The van der Waals surface area contributed by atoms with Gasteiger partial charge in [-0.25, -0.2) is 4.98 Å². The first-order valence-corrected chi connectivity index (χ1v) is 9.75. The average Bonchev–Trinajstić information content (AvgIpc) is 3.56. The first-order chi connectivity index (χ1) is 13.8. The fraction of sp³-hybridized carbons (Fsp3) is 0.429. The molecule has 2 heterocycles. The molecule has 0 radical (unpaired) electrons. The van der Waals surface area contributed by atoms with Gasteiger partial charge in [0.25, 0.3) is 0 Å². The molecule has 0 unspecified atom stereocenters. The van der Waals surface area contributed by atoms with Crippen molar-refractivity contribution in [1.82, 2.24) is 10.3 Å². The average molecular weight is 382 g/mol. The molecule has 1 fully saturated rings. The number of hydrogen-bond acceptors (Lipinski definition) is 5. The number of fused-ring (bicyclic) bond motifs is 1. The van der Waals surface area contributed by atoms with Crippen molar-refractivity contribution >= 4 is 11.6 Å². The number of rotatable bonds is 6. The van der Waals surface area contributed by atoms with Crippen LogP contribution < -0.4 is 24.8 Å². The Morgan fingerprint density at radius 1 is 1.18 bits per heavy atom. The third-order valence-electron chi connectivity index (χ3n) is 4.66. The lowest BCUT2D eigenvalue weighted by Gasteiger charge is -2.14. The van der Waals surface area contributed by atoms with Crippen molar-refractivity contribution in [3.63, 3.8) is 0 Å². The number of aliphatic imine (C=N–C) groups is 1. The Balaban J connectivity index is 1.33. The zero-order valence-corrected chi connectivity index (χ0v) is 16.1. The summed E-state index contributed by atoms with van der Waals surface area (Å²) in [4.78, 5) is 8.58. The molecule has 2 N–H and O–H groups in total. The van der Waals surface area contributed by atoms with Crippen molar-refractivity contribution in [2.24, 2.45) is 10.9 Å². The van der Waals surface area contributed by atoms with Crippen molar-refractivity contribution in [3.05, 3.63) is 42.1 Å². The highest BCUT2D eigenvalue weighted by Crippen LogP contribution is 2.32. The number of pyridine rings is 1. The maximum atomic E-state index is 5.75. The summed E-state index contributed by atoms with van der Waals surface area (Å²) >= 11 is 0. The van der Waals surface area contributed by atoms with E-state index < -0.39 is 0 Å². The molecule has 2 aliphatic rings. The van der Waals surface area contributed by atoms with Crippen molar-refractivity contribution in [1.29, 1.82) is 0 Å². The van der Waals surface area contributed by atoms with Crippen LogP contribution in [0, 0.1) is 5.92 Å². The molecule has 0 spiro atoms. The van der Waals surface area contributed by atoms with Crippen LogP contribution in [0.5, 0.6) is 17.4 Å². The number of hydrogen-bond donors (Lipinski definition) is 2. The van der Waals surface area contributed by atoms with Crippen LogP contribution in [0.25, 0.3) is 0 Å². The van der Waals surface area contributed by atoms with Gasteiger partial charge in [0, 0.05) is 44.0 Å². The fourth-order valence-corrected chi connectivity index (χ4v) is 2.87. The van der Waals surface area contributed by atoms with Gasteiger partial charge in [-0.2, -0.15) is 0 Å². The molecule has 2 aromatic rings. The molecule has 4 rings (SSSR count). The third kappa shape index (κ3) is 5.06. The van der Waals surface area contributed by atoms with Crippen LogP contribution in [-0.2, 0) is 6.54 Å². The summed E-state index contributed by atoms with van der Waals surface area (Å²) in [5.74, 6) is 3.59. The van der Waals surface area contributed by atoms with Gasteiger partial charge in [0.2, 0.25) is 5.88 Å². The van der Waals surface area contributed by atoms with Gasteiger partial charge in [0.1, 0.15) is 0 Å². The second-order valence-corrected chi connectivity index (χ2v) is 7.02. The van der Waals surface area contributed by atoms with Crippen LogP contribution in [0.4, 0.5) is 5.69 Å². The fourth-order valence-electron chi connectivity index (χ4n) is 2.87. The standard InChI is InChI=1S/C21H26N4O3/c1-22-21(25-17-5-6-18-19(12-17)27-10-2-9-26-18)24-13-16-7-8-23-20(11-16)28-14-15-3-4-15/h5-8,11-12,15H,2-4,9-10,13-14H2,1H3,(H2,22,24,25). The highest BCUT2D eigenvalue weighted by atomic mass is 16.5. The minimum Gasteiger partial charge on any atom is -0.490 e. The zero-order valence-electron chi connectivity index (χ0n) is 16.1. The number of anilines is 1. The van der Waals surface area contributed by atoms with Gasteiger partial charge in [-0.1, -0.05) is 0 Å². The van der Waals surface area contributed by atoms with E-state index in [4.69, 9.17) is 14.2 Å². The molecule has 0 amide bonds. The zero-order chi connectivity index (χ0) is 19.2. The molecule has 148 valence electrons. The summed E-state index contributed by atoms with van der Waals surface area (Å²) in [5.41, 5.74) is 1.97. The Morgan fingerprint density at radius 3 is 2.86 bits per heavy atom. The molecule has 0 saturated heterocycles. The number of ether oxygens (including phenoxy) is 3. The SMILES string of the molecule is CN=C(NCc1ccnc(OCC2CC2)c1)Nc1ccc2c(c1)OCCCO2. The summed E-state index contributed by atoms with van der Waals surface area (Å²) in [5, 5.41) is 6.60. The van der Waals surface area contributed by atoms with E-state index in [1.165, 1.54) is 12.8 Å². The molecule has 1 aliphatic heterocycles. The molecule has 7 nitrogen and oxygen atoms in total. The molecule has 1 aromatic heterocycles. The second-order valence-electron chi connectivity index (χ2n) is 7.02. The minimum absolute atomic E-state index is 0.618. The van der Waals surface area contributed by atoms with E-state index in [1.54, 1.807) is 13.2 Å². The quantitative estimate of drug-likeness (QED) is 0.590. The predicted molar refractivity (Wildman–Crippen MR) is 108 cm³/mol. The minimum atomic E-state index is 0.618. The third-order valence-corrected chi connectivity index (χ3v) is 4.66. The van der Waals surface area contributed by atoms with E-state index in [0.29, 0.717) is 37.5 Å². The highest BCUT2D eigenvalue weighted by molar-refractivity contribution is 5.93. The van der Waals surface area contributed by atoms with Gasteiger partial charge < -0.3 is 24.8 Å². The van der Waals surface area contributed by atoms with E-state index in [1.807, 2.05) is 30.3 Å². The smallest absolute Gasteiger partial charge is 0.213 e. The number of guanidine groups is 1. The van der Waals surface area contributed by atoms with E-state index in [2.05, 4.69) is 20.6 Å². The van der Waals surface area contributed by atoms with Crippen molar-refractivity contribution in [2.45, 2.75) is 25.8 Å². The van der Waals surface area contributed by atoms with Gasteiger partial charge in [-0.05, 0) is 42.5 Å². The molecular weight excluding hydrogens is 356 g/mol. The van der Waals surface area contributed by atoms with Crippen LogP contribution in [0.3, 0.4) is 0 Å². The molecule has 0 bridgehead atoms. The molecule has 7 heteroatoms. The summed E-state index contributed by atoms with van der Waals surface area (Å²) in [6.07, 6.45) is 5.20. The first kappa shape index (κ1) is 18.4. The molecule has 1 saturated carbocycles. The van der Waals surface area contributed by atoms with Gasteiger partial charge in [-0.15, -0.1) is 0 Å². The van der Waals surface area contributed by atoms with Gasteiger partial charge in [0.15, 0.2) is 17.5 Å². The topological polar surface area (TPSA) is 77.0 Å². The summed E-state index contributed by atoms with van der Waals surface area (Å²) in [7, 11) is 1.75. The Hall–Kier alpha value is -2.96. The lowest BCUT2D eigenvalue weighted by molar-refractivity contribution is 0.288. The molecular formula is C21H26N4O3. The number of nitrogens with zero attached hydrogens (tertiary/aromatic N) is 2. The van der Waals surface area contributed by atoms with Crippen molar-refractivity contribution in [3.8, 4) is 17.4 Å². The van der Waals surface area contributed by atoms with Gasteiger partial charge >= 0.3 is 0 Å². The number of benzene rings is 1. The van der Waals surface area contributed by atoms with Crippen LogP contribution >= 0.6 is 0 Å². The lowest BCUT2D eigenvalue weighted by atomic mass is 10.2. The van der Waals surface area contributed by atoms with Crippen LogP contribution in [0.1, 0.15) is 24.8 Å². The van der Waals surface area contributed by atoms with Crippen molar-refractivity contribution in [2.75, 3.05) is 32.2 Å². The second kappa shape index (κ2) is 8.82. The number of nitrogens with one attached hydrogen (secondary N) is 2. The normalized spacial score (nSPS) is 16.2. The molecule has 0 atom stereocenters. The van der Waals surface area contributed by atoms with E-state index in [-0.39, 0.29) is 0 Å². The van der Waals surface area contributed by atoms with Crippen molar-refractivity contribution < 1.29 is 14.2 Å². The van der Waals surface area contributed by atoms with E-state index in [9.17, 15) is 0 Å². The van der Waals surface area contributed by atoms with Crippen LogP contribution in [-0.4, -0.2) is 37.8 Å². The van der Waals surface area contributed by atoms with Gasteiger partial charge in [-0.3, -0.25) is 4.99 Å². The summed E-state index contributed by atoms with van der Waals surface area (Å²) in [6.45, 7) is 2.72. The Kier molecular flexibility index (Phi) is 5.80. The van der Waals surface area contributed by atoms with E-state index in [0.717, 1.165) is 35.8 Å². The Morgan fingerprint density at radius 2 is 2.04 bits per heavy atom. The summed E-state index contributed by atoms with van der Waals surface area (Å²) in [6, 6.07) is 9.75. The van der Waals surface area contributed by atoms with Crippen LogP contribution in [0.15, 0.2) is 41.5 Å². The molecule has 1 aromatic carbocycles. The Labute approximate surface area is 165 Å². The highest BCUT2D eigenvalue weighted by Gasteiger charge is 2.22. The largest absolute Gasteiger partial charge is 0.490 e. The lowest BCUT2D eigenvalue weighted by Crippen LogP contribution is -2.30. The van der Waals surface area contributed by atoms with Crippen LogP contribution in [0.2, 0.25) is 0 Å². The van der Waals surface area contributed by atoms with E-state index >= 15 is 0 Å². The molecule has 1 aliphatic carbocycles. The maximum absolute atomic E-state index is 5.75.